The van der Waals surface area contributed by atoms with Crippen LogP contribution in [-0.2, 0) is 17.9 Å². The summed E-state index contributed by atoms with van der Waals surface area (Å²) in [5.74, 6) is 0.290. The summed E-state index contributed by atoms with van der Waals surface area (Å²) in [6.07, 6.45) is 6.71. The highest BCUT2D eigenvalue weighted by Crippen LogP contribution is 2.38. The lowest BCUT2D eigenvalue weighted by Gasteiger charge is -2.34. The summed E-state index contributed by atoms with van der Waals surface area (Å²) in [6.45, 7) is 2.02. The molecular formula is C17H24N2O. The first-order chi connectivity index (χ1) is 9.75. The van der Waals surface area contributed by atoms with E-state index in [4.69, 9.17) is 5.73 Å². The fourth-order valence-electron chi connectivity index (χ4n) is 3.72. The van der Waals surface area contributed by atoms with E-state index < -0.39 is 0 Å². The third-order valence-electron chi connectivity index (χ3n) is 5.03. The van der Waals surface area contributed by atoms with E-state index in [1.807, 2.05) is 4.90 Å². The van der Waals surface area contributed by atoms with Crippen LogP contribution in [0, 0.1) is 5.41 Å². The predicted molar refractivity (Wildman–Crippen MR) is 79.9 cm³/mol. The number of carbonyl (C=O) groups is 1. The number of fused-ring (bicyclic) bond motifs is 1. The molecule has 3 nitrogen and oxygen atoms in total. The van der Waals surface area contributed by atoms with Crippen LogP contribution in [0.2, 0.25) is 0 Å². The molecule has 1 aromatic carbocycles. The van der Waals surface area contributed by atoms with Gasteiger partial charge in [0.15, 0.2) is 0 Å². The van der Waals surface area contributed by atoms with Crippen molar-refractivity contribution in [1.82, 2.24) is 4.90 Å². The summed E-state index contributed by atoms with van der Waals surface area (Å²) in [6, 6.07) is 8.37. The number of benzene rings is 1. The molecule has 1 amide bonds. The molecule has 20 heavy (non-hydrogen) atoms. The highest BCUT2D eigenvalue weighted by atomic mass is 16.2. The van der Waals surface area contributed by atoms with E-state index in [0.29, 0.717) is 6.54 Å². The summed E-state index contributed by atoms with van der Waals surface area (Å²) >= 11 is 0. The molecule has 0 bridgehead atoms. The van der Waals surface area contributed by atoms with Crippen LogP contribution in [0.1, 0.15) is 49.7 Å². The predicted octanol–water partition coefficient (Wildman–Crippen LogP) is 2.83. The average Bonchev–Trinajstić information content (AvgIpc) is 2.76. The first-order valence-corrected chi connectivity index (χ1v) is 7.81. The maximum Gasteiger partial charge on any atom is 0.230 e. The molecule has 0 aromatic heterocycles. The van der Waals surface area contributed by atoms with Crippen molar-refractivity contribution in [3.63, 3.8) is 0 Å². The molecule has 1 heterocycles. The van der Waals surface area contributed by atoms with Gasteiger partial charge < -0.3 is 10.6 Å². The minimum Gasteiger partial charge on any atom is -0.333 e. The van der Waals surface area contributed by atoms with E-state index in [1.54, 1.807) is 0 Å². The fraction of sp³-hybridized carbons (Fsp3) is 0.588. The molecule has 1 aromatic rings. The number of hydrogen-bond acceptors (Lipinski definition) is 2. The van der Waals surface area contributed by atoms with Gasteiger partial charge in [0, 0.05) is 19.6 Å². The lowest BCUT2D eigenvalue weighted by atomic mass is 9.79. The van der Waals surface area contributed by atoms with Gasteiger partial charge in [-0.25, -0.2) is 0 Å². The summed E-state index contributed by atoms with van der Waals surface area (Å²) < 4.78 is 0. The van der Waals surface area contributed by atoms with Gasteiger partial charge in [-0.3, -0.25) is 4.79 Å². The second-order valence-corrected chi connectivity index (χ2v) is 6.33. The van der Waals surface area contributed by atoms with Crippen LogP contribution >= 0.6 is 0 Å². The molecule has 1 fully saturated rings. The quantitative estimate of drug-likeness (QED) is 0.841. The van der Waals surface area contributed by atoms with Crippen LogP contribution in [0.15, 0.2) is 24.3 Å². The van der Waals surface area contributed by atoms with E-state index in [2.05, 4.69) is 24.3 Å². The van der Waals surface area contributed by atoms with Gasteiger partial charge in [0.1, 0.15) is 0 Å². The third-order valence-corrected chi connectivity index (χ3v) is 5.03. The third kappa shape index (κ3) is 2.35. The number of hydrogen-bond donors (Lipinski definition) is 1. The molecule has 108 valence electrons. The summed E-state index contributed by atoms with van der Waals surface area (Å²) in [4.78, 5) is 15.0. The molecule has 0 atom stereocenters. The number of rotatable bonds is 2. The smallest absolute Gasteiger partial charge is 0.230 e. The van der Waals surface area contributed by atoms with Crippen molar-refractivity contribution >= 4 is 5.91 Å². The normalized spacial score (nSPS) is 21.4. The van der Waals surface area contributed by atoms with Gasteiger partial charge in [-0.05, 0) is 24.0 Å². The monoisotopic (exact) mass is 272 g/mol. The highest BCUT2D eigenvalue weighted by Gasteiger charge is 2.41. The maximum absolute atomic E-state index is 13.0. The van der Waals surface area contributed by atoms with Gasteiger partial charge in [-0.15, -0.1) is 0 Å². The zero-order chi connectivity index (χ0) is 14.0. The standard InChI is InChI=1S/C17H24N2O/c18-13-17(9-5-1-2-6-10-17)16(20)19-11-14-7-3-4-8-15(14)12-19/h3-4,7-8H,1-2,5-6,9-13,18H2. The van der Waals surface area contributed by atoms with Crippen LogP contribution in [0.25, 0.3) is 0 Å². The van der Waals surface area contributed by atoms with Crippen LogP contribution in [0.4, 0.5) is 0 Å². The zero-order valence-corrected chi connectivity index (χ0v) is 12.1. The Morgan fingerprint density at radius 2 is 1.60 bits per heavy atom. The molecule has 0 saturated heterocycles. The van der Waals surface area contributed by atoms with Crippen LogP contribution < -0.4 is 5.73 Å². The first kappa shape index (κ1) is 13.6. The first-order valence-electron chi connectivity index (χ1n) is 7.81. The summed E-state index contributed by atoms with van der Waals surface area (Å²) in [5.41, 5.74) is 8.33. The second-order valence-electron chi connectivity index (χ2n) is 6.33. The molecule has 0 radical (unpaired) electrons. The van der Waals surface area contributed by atoms with E-state index >= 15 is 0 Å². The van der Waals surface area contributed by atoms with E-state index in [-0.39, 0.29) is 11.3 Å². The number of nitrogens with zero attached hydrogens (tertiary/aromatic N) is 1. The zero-order valence-electron chi connectivity index (χ0n) is 12.1. The topological polar surface area (TPSA) is 46.3 Å². The molecule has 2 N–H and O–H groups in total. The lowest BCUT2D eigenvalue weighted by Crippen LogP contribution is -2.46. The van der Waals surface area contributed by atoms with Crippen molar-refractivity contribution in [2.75, 3.05) is 6.54 Å². The van der Waals surface area contributed by atoms with Gasteiger partial charge in [-0.2, -0.15) is 0 Å². The molecule has 3 heteroatoms. The van der Waals surface area contributed by atoms with Crippen molar-refractivity contribution < 1.29 is 4.79 Å². The minimum absolute atomic E-state index is 0.290. The van der Waals surface area contributed by atoms with E-state index in [1.165, 1.54) is 24.0 Å². The van der Waals surface area contributed by atoms with Crippen LogP contribution in [0.5, 0.6) is 0 Å². The molecule has 1 aliphatic carbocycles. The van der Waals surface area contributed by atoms with E-state index in [0.717, 1.165) is 38.8 Å². The Labute approximate surface area is 121 Å². The van der Waals surface area contributed by atoms with Crippen LogP contribution in [0.3, 0.4) is 0 Å². The number of carbonyl (C=O) groups excluding carboxylic acids is 1. The Balaban J connectivity index is 1.78. The van der Waals surface area contributed by atoms with Crippen molar-refractivity contribution in [2.45, 2.75) is 51.6 Å². The van der Waals surface area contributed by atoms with Gasteiger partial charge in [-0.1, -0.05) is 49.9 Å². The second kappa shape index (κ2) is 5.57. The van der Waals surface area contributed by atoms with Crippen molar-refractivity contribution in [3.05, 3.63) is 35.4 Å². The van der Waals surface area contributed by atoms with Gasteiger partial charge in [0.25, 0.3) is 0 Å². The van der Waals surface area contributed by atoms with Crippen LogP contribution in [-0.4, -0.2) is 17.4 Å². The molecule has 1 aliphatic heterocycles. The van der Waals surface area contributed by atoms with Crippen molar-refractivity contribution in [3.8, 4) is 0 Å². The number of nitrogens with two attached hydrogens (primary N) is 1. The van der Waals surface area contributed by atoms with Crippen molar-refractivity contribution in [2.24, 2.45) is 11.1 Å². The number of amides is 1. The maximum atomic E-state index is 13.0. The molecule has 1 saturated carbocycles. The summed E-state index contributed by atoms with van der Waals surface area (Å²) in [5, 5.41) is 0. The molecular weight excluding hydrogens is 248 g/mol. The highest BCUT2D eigenvalue weighted by molar-refractivity contribution is 5.83. The van der Waals surface area contributed by atoms with Crippen molar-refractivity contribution in [1.29, 1.82) is 0 Å². The average molecular weight is 272 g/mol. The van der Waals surface area contributed by atoms with E-state index in [9.17, 15) is 4.79 Å². The Bertz CT molecular complexity index is 465. The SMILES string of the molecule is NCC1(C(=O)N2Cc3ccccc3C2)CCCCCC1. The molecule has 2 aliphatic rings. The molecule has 0 spiro atoms. The lowest BCUT2D eigenvalue weighted by molar-refractivity contribution is -0.143. The molecule has 0 unspecified atom stereocenters. The largest absolute Gasteiger partial charge is 0.333 e. The minimum atomic E-state index is -0.293. The Morgan fingerprint density at radius 3 is 2.10 bits per heavy atom. The Morgan fingerprint density at radius 1 is 1.05 bits per heavy atom. The van der Waals surface area contributed by atoms with Gasteiger partial charge in [0.2, 0.25) is 5.91 Å². The van der Waals surface area contributed by atoms with Gasteiger partial charge in [0.05, 0.1) is 5.41 Å². The molecule has 3 rings (SSSR count). The Hall–Kier alpha value is -1.35. The van der Waals surface area contributed by atoms with Gasteiger partial charge >= 0.3 is 0 Å². The fourth-order valence-corrected chi connectivity index (χ4v) is 3.72. The summed E-state index contributed by atoms with van der Waals surface area (Å²) in [7, 11) is 0. The Kier molecular flexibility index (Phi) is 3.79.